The maximum Gasteiger partial charge on any atom is 0.500 e. The van der Waals surface area contributed by atoms with Crippen molar-refractivity contribution in [2.24, 2.45) is 0 Å². The van der Waals surface area contributed by atoms with Crippen LogP contribution in [-0.2, 0) is 24.5 Å². The topological polar surface area (TPSA) is 56.8 Å². The third-order valence-electron chi connectivity index (χ3n) is 3.68. The summed E-state index contributed by atoms with van der Waals surface area (Å²) in [6.45, 7) is 2.66. The van der Waals surface area contributed by atoms with Crippen molar-refractivity contribution >= 4 is 14.7 Å². The second-order valence-electron chi connectivity index (χ2n) is 5.23. The molecule has 6 heteroatoms. The van der Waals surface area contributed by atoms with Gasteiger partial charge in [0.25, 0.3) is 0 Å². The van der Waals surface area contributed by atoms with Crippen molar-refractivity contribution in [2.45, 2.75) is 32.2 Å². The molecular weight excluding hydrogens is 298 g/mol. The molecule has 5 nitrogen and oxygen atoms in total. The maximum absolute atomic E-state index is 11.8. The lowest BCUT2D eigenvalue weighted by atomic mass is 10.1. The van der Waals surface area contributed by atoms with Crippen LogP contribution in [-0.4, -0.2) is 42.6 Å². The monoisotopic (exact) mass is 325 g/mol. The number of aryl methyl sites for hydroxylation is 2. The molecule has 0 aromatic heterocycles. The summed E-state index contributed by atoms with van der Waals surface area (Å²) in [4.78, 5) is 11.8. The van der Waals surface area contributed by atoms with Crippen molar-refractivity contribution in [1.82, 2.24) is 5.32 Å². The minimum absolute atomic E-state index is 0.0695. The van der Waals surface area contributed by atoms with E-state index < -0.39 is 8.80 Å². The zero-order valence-electron chi connectivity index (χ0n) is 14.0. The Morgan fingerprint density at radius 3 is 2.23 bits per heavy atom. The zero-order valence-corrected chi connectivity index (χ0v) is 15.0. The predicted molar refractivity (Wildman–Crippen MR) is 88.7 cm³/mol. The van der Waals surface area contributed by atoms with Crippen LogP contribution in [0, 0.1) is 6.92 Å². The van der Waals surface area contributed by atoms with E-state index in [0.29, 0.717) is 19.0 Å². The van der Waals surface area contributed by atoms with Crippen molar-refractivity contribution in [3.05, 3.63) is 35.4 Å². The highest BCUT2D eigenvalue weighted by Gasteiger charge is 2.36. The van der Waals surface area contributed by atoms with Gasteiger partial charge in [-0.25, -0.2) is 0 Å². The smallest absolute Gasteiger partial charge is 0.377 e. The summed E-state index contributed by atoms with van der Waals surface area (Å²) in [5.41, 5.74) is 2.42. The van der Waals surface area contributed by atoms with Gasteiger partial charge in [-0.15, -0.1) is 0 Å². The lowest BCUT2D eigenvalue weighted by molar-refractivity contribution is -0.121. The molecular formula is C16H27NO4Si. The Kier molecular flexibility index (Phi) is 8.33. The molecule has 1 aromatic rings. The first-order chi connectivity index (χ1) is 10.5. The van der Waals surface area contributed by atoms with Crippen molar-refractivity contribution < 1.29 is 18.1 Å². The van der Waals surface area contributed by atoms with E-state index in [1.807, 2.05) is 0 Å². The molecule has 0 radical (unpaired) electrons. The molecule has 0 aliphatic rings. The Labute approximate surface area is 134 Å². The Bertz CT molecular complexity index is 438. The fourth-order valence-electron chi connectivity index (χ4n) is 2.19. The van der Waals surface area contributed by atoms with Gasteiger partial charge < -0.3 is 18.6 Å². The molecule has 1 amide bonds. The van der Waals surface area contributed by atoms with Gasteiger partial charge in [-0.05, 0) is 25.3 Å². The fourth-order valence-corrected chi connectivity index (χ4v) is 3.91. The number of hydrogen-bond acceptors (Lipinski definition) is 4. The Hall–Kier alpha value is -1.21. The van der Waals surface area contributed by atoms with Gasteiger partial charge in [0.2, 0.25) is 5.91 Å². The number of nitrogens with one attached hydrogen (secondary N) is 1. The van der Waals surface area contributed by atoms with Gasteiger partial charge in [0.1, 0.15) is 0 Å². The molecule has 124 valence electrons. The van der Waals surface area contributed by atoms with Crippen LogP contribution in [0.15, 0.2) is 24.3 Å². The van der Waals surface area contributed by atoms with E-state index >= 15 is 0 Å². The van der Waals surface area contributed by atoms with Crippen molar-refractivity contribution in [2.75, 3.05) is 27.9 Å². The number of hydrogen-bond donors (Lipinski definition) is 1. The second-order valence-corrected chi connectivity index (χ2v) is 8.33. The number of rotatable bonds is 10. The summed E-state index contributed by atoms with van der Waals surface area (Å²) >= 11 is 0. The molecule has 0 aliphatic heterocycles. The summed E-state index contributed by atoms with van der Waals surface area (Å²) in [5, 5.41) is 2.93. The molecule has 0 atom stereocenters. The maximum atomic E-state index is 11.8. The normalized spacial score (nSPS) is 11.5. The van der Waals surface area contributed by atoms with E-state index in [0.717, 1.165) is 12.8 Å². The first kappa shape index (κ1) is 18.8. The second kappa shape index (κ2) is 9.73. The van der Waals surface area contributed by atoms with Gasteiger partial charge in [-0.3, -0.25) is 4.79 Å². The van der Waals surface area contributed by atoms with E-state index in [4.69, 9.17) is 13.3 Å². The molecule has 0 aliphatic carbocycles. The molecule has 0 bridgehead atoms. The van der Waals surface area contributed by atoms with Crippen LogP contribution in [0.25, 0.3) is 0 Å². The van der Waals surface area contributed by atoms with E-state index in [9.17, 15) is 4.79 Å². The molecule has 0 fully saturated rings. The summed E-state index contributed by atoms with van der Waals surface area (Å²) < 4.78 is 16.0. The lowest BCUT2D eigenvalue weighted by Crippen LogP contribution is -2.43. The molecule has 0 spiro atoms. The molecule has 0 heterocycles. The van der Waals surface area contributed by atoms with Crippen molar-refractivity contribution in [3.8, 4) is 0 Å². The van der Waals surface area contributed by atoms with E-state index in [1.165, 1.54) is 11.1 Å². The van der Waals surface area contributed by atoms with Gasteiger partial charge in [0.15, 0.2) is 0 Å². The first-order valence-corrected chi connectivity index (χ1v) is 9.46. The minimum atomic E-state index is -2.52. The molecule has 1 aromatic carbocycles. The van der Waals surface area contributed by atoms with Crippen molar-refractivity contribution in [3.63, 3.8) is 0 Å². The third kappa shape index (κ3) is 6.27. The average molecular weight is 325 g/mol. The summed E-state index contributed by atoms with van der Waals surface area (Å²) in [7, 11) is 2.27. The lowest BCUT2D eigenvalue weighted by Gasteiger charge is -2.24. The minimum Gasteiger partial charge on any atom is -0.377 e. The molecule has 1 N–H and O–H groups in total. The molecule has 0 saturated heterocycles. The number of amides is 1. The van der Waals surface area contributed by atoms with Gasteiger partial charge in [0.05, 0.1) is 0 Å². The molecule has 0 unspecified atom stereocenters. The van der Waals surface area contributed by atoms with Crippen molar-refractivity contribution in [1.29, 1.82) is 0 Å². The quantitative estimate of drug-likeness (QED) is 0.530. The van der Waals surface area contributed by atoms with Crippen LogP contribution in [0.1, 0.15) is 24.0 Å². The van der Waals surface area contributed by atoms with E-state index in [2.05, 4.69) is 36.5 Å². The fraction of sp³-hybridized carbons (Fsp3) is 0.562. The molecule has 22 heavy (non-hydrogen) atoms. The van der Waals surface area contributed by atoms with Gasteiger partial charge >= 0.3 is 8.80 Å². The van der Waals surface area contributed by atoms with E-state index in [1.54, 1.807) is 21.3 Å². The van der Waals surface area contributed by atoms with Gasteiger partial charge in [-0.2, -0.15) is 0 Å². The van der Waals surface area contributed by atoms with Crippen LogP contribution >= 0.6 is 0 Å². The first-order valence-electron chi connectivity index (χ1n) is 7.53. The Morgan fingerprint density at radius 1 is 1.09 bits per heavy atom. The highest BCUT2D eigenvalue weighted by Crippen LogP contribution is 2.14. The average Bonchev–Trinajstić information content (AvgIpc) is 2.55. The van der Waals surface area contributed by atoms with E-state index in [-0.39, 0.29) is 5.91 Å². The van der Waals surface area contributed by atoms with Crippen LogP contribution in [0.2, 0.25) is 6.04 Å². The Balaban J connectivity index is 2.22. The summed E-state index contributed by atoms with van der Waals surface area (Å²) in [6, 6.07) is 8.96. The van der Waals surface area contributed by atoms with Gasteiger partial charge in [0, 0.05) is 40.3 Å². The van der Waals surface area contributed by atoms with Crippen LogP contribution in [0.5, 0.6) is 0 Å². The summed E-state index contributed by atoms with van der Waals surface area (Å²) in [6.07, 6.45) is 2.04. The predicted octanol–water partition coefficient (Wildman–Crippen LogP) is 2.31. The molecule has 1 rings (SSSR count). The highest BCUT2D eigenvalue weighted by molar-refractivity contribution is 6.60. The Morgan fingerprint density at radius 2 is 1.68 bits per heavy atom. The number of carbonyl (C=O) groups excluding carboxylic acids is 1. The summed E-state index contributed by atoms with van der Waals surface area (Å²) in [5.74, 6) is 0.0695. The number of benzene rings is 1. The van der Waals surface area contributed by atoms with Crippen LogP contribution in [0.3, 0.4) is 0 Å². The number of carbonyl (C=O) groups is 1. The zero-order chi connectivity index (χ0) is 16.4. The highest BCUT2D eigenvalue weighted by atomic mass is 28.4. The van der Waals surface area contributed by atoms with Crippen LogP contribution in [0.4, 0.5) is 0 Å². The van der Waals surface area contributed by atoms with Crippen LogP contribution < -0.4 is 5.32 Å². The third-order valence-corrected chi connectivity index (χ3v) is 6.51. The van der Waals surface area contributed by atoms with Gasteiger partial charge in [-0.1, -0.05) is 29.8 Å². The SMILES string of the molecule is CO[Si](CCCNC(=O)CCc1ccc(C)cc1)(OC)OC. The molecule has 0 saturated carbocycles. The standard InChI is InChI=1S/C16H27NO4Si/c1-14-6-8-15(9-7-14)10-11-16(18)17-12-5-13-22(19-2,20-3)21-4/h6-9H,5,10-13H2,1-4H3,(H,17,18). The largest absolute Gasteiger partial charge is 0.500 e.